The number of aromatic carboxylic acids is 1. The van der Waals surface area contributed by atoms with Crippen LogP contribution in [-0.2, 0) is 0 Å². The summed E-state index contributed by atoms with van der Waals surface area (Å²) in [6.45, 7) is 2.44. The summed E-state index contributed by atoms with van der Waals surface area (Å²) in [6.07, 6.45) is 5.26. The van der Waals surface area contributed by atoms with Gasteiger partial charge in [-0.2, -0.15) is 0 Å². The van der Waals surface area contributed by atoms with Crippen molar-refractivity contribution in [1.82, 2.24) is 9.88 Å². The quantitative estimate of drug-likeness (QED) is 0.765. The van der Waals surface area contributed by atoms with Crippen LogP contribution in [0.1, 0.15) is 42.1 Å². The normalized spacial score (nSPS) is 23.2. The molecular formula is C21H25ClFN3O4. The molecule has 9 heteroatoms. The van der Waals surface area contributed by atoms with Gasteiger partial charge in [0.2, 0.25) is 5.43 Å². The highest BCUT2D eigenvalue weighted by Gasteiger charge is 2.39. The number of piperidine rings is 1. The first kappa shape index (κ1) is 20.9. The molecule has 2 atom stereocenters. The molecular weight excluding hydrogens is 413 g/mol. The second-order valence-corrected chi connectivity index (χ2v) is 8.27. The van der Waals surface area contributed by atoms with Gasteiger partial charge >= 0.3 is 5.97 Å². The van der Waals surface area contributed by atoms with Crippen LogP contribution in [0.25, 0.3) is 10.9 Å². The fraction of sp³-hybridized carbons (Fsp3) is 0.524. The fourth-order valence-corrected chi connectivity index (χ4v) is 5.04. The van der Waals surface area contributed by atoms with Crippen molar-refractivity contribution in [3.05, 3.63) is 33.9 Å². The first-order chi connectivity index (χ1) is 14.0. The monoisotopic (exact) mass is 437 g/mol. The van der Waals surface area contributed by atoms with Crippen LogP contribution in [0.3, 0.4) is 0 Å². The van der Waals surface area contributed by atoms with Gasteiger partial charge in [0, 0.05) is 37.9 Å². The van der Waals surface area contributed by atoms with Gasteiger partial charge in [0.25, 0.3) is 0 Å². The zero-order valence-corrected chi connectivity index (χ0v) is 17.5. The molecule has 0 radical (unpaired) electrons. The van der Waals surface area contributed by atoms with Crippen LogP contribution in [0.15, 0.2) is 17.1 Å². The molecule has 1 aliphatic carbocycles. The SMILES string of the molecule is COc1c(N2CCC[C@@H]3CNC[C@@H]32)c(F)cc2c(=O)c(C(=O)O)cn(C3CC3)c12.Cl. The molecule has 3 fully saturated rings. The van der Waals surface area contributed by atoms with Gasteiger partial charge in [-0.05, 0) is 37.7 Å². The van der Waals surface area contributed by atoms with Crippen molar-refractivity contribution in [1.29, 1.82) is 0 Å². The minimum atomic E-state index is -1.30. The zero-order valence-electron chi connectivity index (χ0n) is 16.7. The highest BCUT2D eigenvalue weighted by Crippen LogP contribution is 2.45. The Morgan fingerprint density at radius 3 is 2.73 bits per heavy atom. The van der Waals surface area contributed by atoms with Gasteiger partial charge in [0.1, 0.15) is 11.3 Å². The molecule has 3 heterocycles. The molecule has 1 saturated carbocycles. The number of anilines is 1. The van der Waals surface area contributed by atoms with E-state index in [1.165, 1.54) is 19.4 Å². The molecule has 7 nitrogen and oxygen atoms in total. The van der Waals surface area contributed by atoms with Gasteiger partial charge < -0.3 is 24.6 Å². The summed E-state index contributed by atoms with van der Waals surface area (Å²) in [6, 6.07) is 1.49. The maximum Gasteiger partial charge on any atom is 0.341 e. The lowest BCUT2D eigenvalue weighted by Crippen LogP contribution is -2.45. The zero-order chi connectivity index (χ0) is 20.3. The smallest absolute Gasteiger partial charge is 0.341 e. The largest absolute Gasteiger partial charge is 0.492 e. The van der Waals surface area contributed by atoms with Crippen molar-refractivity contribution in [3.8, 4) is 5.75 Å². The lowest BCUT2D eigenvalue weighted by atomic mass is 9.91. The van der Waals surface area contributed by atoms with Crippen LogP contribution in [0.2, 0.25) is 0 Å². The third-order valence-corrected chi connectivity index (χ3v) is 6.54. The molecule has 2 aromatic rings. The summed E-state index contributed by atoms with van der Waals surface area (Å²) < 4.78 is 22.9. The van der Waals surface area contributed by atoms with Crippen LogP contribution in [0.5, 0.6) is 5.75 Å². The number of benzene rings is 1. The van der Waals surface area contributed by atoms with Crippen LogP contribution in [-0.4, -0.2) is 48.4 Å². The van der Waals surface area contributed by atoms with Gasteiger partial charge in [0.15, 0.2) is 11.6 Å². The van der Waals surface area contributed by atoms with Gasteiger partial charge in [-0.1, -0.05) is 0 Å². The Kier molecular flexibility index (Phi) is 5.40. The third kappa shape index (κ3) is 3.13. The Balaban J connectivity index is 0.00000218. The molecule has 2 saturated heterocycles. The number of hydrogen-bond acceptors (Lipinski definition) is 5. The second kappa shape index (κ2) is 7.74. The van der Waals surface area contributed by atoms with Crippen LogP contribution in [0.4, 0.5) is 10.1 Å². The number of pyridine rings is 1. The molecule has 1 aromatic carbocycles. The summed E-state index contributed by atoms with van der Waals surface area (Å²) in [4.78, 5) is 26.5. The van der Waals surface area contributed by atoms with E-state index in [4.69, 9.17) is 4.74 Å². The van der Waals surface area contributed by atoms with E-state index in [1.807, 2.05) is 0 Å². The number of rotatable bonds is 4. The number of hydrogen-bond donors (Lipinski definition) is 2. The highest BCUT2D eigenvalue weighted by molar-refractivity contribution is 5.97. The van der Waals surface area contributed by atoms with E-state index < -0.39 is 17.2 Å². The number of aromatic nitrogens is 1. The summed E-state index contributed by atoms with van der Waals surface area (Å²) in [5, 5.41) is 12.9. The molecule has 3 aliphatic rings. The van der Waals surface area contributed by atoms with Crippen LogP contribution >= 0.6 is 12.4 Å². The Bertz CT molecular complexity index is 1070. The molecule has 0 bridgehead atoms. The van der Waals surface area contributed by atoms with E-state index in [0.717, 1.165) is 45.3 Å². The number of ether oxygens (including phenoxy) is 1. The lowest BCUT2D eigenvalue weighted by molar-refractivity contribution is 0.0695. The van der Waals surface area contributed by atoms with E-state index in [-0.39, 0.29) is 35.4 Å². The number of carboxylic acid groups (broad SMARTS) is 1. The summed E-state index contributed by atoms with van der Waals surface area (Å²) >= 11 is 0. The average Bonchev–Trinajstić information content (AvgIpc) is 3.43. The number of halogens is 2. The van der Waals surface area contributed by atoms with Gasteiger partial charge in [0.05, 0.1) is 18.0 Å². The van der Waals surface area contributed by atoms with Crippen molar-refractivity contribution in [3.63, 3.8) is 0 Å². The van der Waals surface area contributed by atoms with Crippen molar-refractivity contribution in [2.45, 2.75) is 37.8 Å². The van der Waals surface area contributed by atoms with Gasteiger partial charge in [-0.25, -0.2) is 9.18 Å². The van der Waals surface area contributed by atoms with Gasteiger partial charge in [-0.15, -0.1) is 12.4 Å². The third-order valence-electron chi connectivity index (χ3n) is 6.54. The summed E-state index contributed by atoms with van der Waals surface area (Å²) in [5.41, 5.74) is -0.131. The minimum Gasteiger partial charge on any atom is -0.492 e. The van der Waals surface area contributed by atoms with E-state index in [9.17, 15) is 14.7 Å². The molecule has 5 rings (SSSR count). The van der Waals surface area contributed by atoms with E-state index in [1.54, 1.807) is 4.57 Å². The molecule has 2 N–H and O–H groups in total. The second-order valence-electron chi connectivity index (χ2n) is 8.27. The maximum absolute atomic E-state index is 15.4. The summed E-state index contributed by atoms with van der Waals surface area (Å²) in [7, 11) is 1.48. The number of carbonyl (C=O) groups is 1. The Morgan fingerprint density at radius 1 is 1.30 bits per heavy atom. The average molecular weight is 438 g/mol. The van der Waals surface area contributed by atoms with Crippen LogP contribution in [0, 0.1) is 11.7 Å². The van der Waals surface area contributed by atoms with Crippen LogP contribution < -0.4 is 20.4 Å². The lowest BCUT2D eigenvalue weighted by Gasteiger charge is -2.39. The summed E-state index contributed by atoms with van der Waals surface area (Å²) in [5.74, 6) is -1.05. The highest BCUT2D eigenvalue weighted by atomic mass is 35.5. The predicted octanol–water partition coefficient (Wildman–Crippen LogP) is 2.79. The molecule has 162 valence electrons. The minimum absolute atomic E-state index is 0. The van der Waals surface area contributed by atoms with E-state index in [0.29, 0.717) is 22.9 Å². The Morgan fingerprint density at radius 2 is 2.07 bits per heavy atom. The molecule has 30 heavy (non-hydrogen) atoms. The number of methoxy groups -OCH3 is 1. The van der Waals surface area contributed by atoms with E-state index >= 15 is 4.39 Å². The molecule has 1 aromatic heterocycles. The molecule has 0 unspecified atom stereocenters. The first-order valence-corrected chi connectivity index (χ1v) is 10.2. The number of carboxylic acids is 1. The maximum atomic E-state index is 15.4. The molecule has 0 amide bonds. The fourth-order valence-electron chi connectivity index (χ4n) is 5.04. The van der Waals surface area contributed by atoms with E-state index in [2.05, 4.69) is 10.2 Å². The van der Waals surface area contributed by atoms with Crippen molar-refractivity contribution in [2.24, 2.45) is 5.92 Å². The van der Waals surface area contributed by atoms with Crippen molar-refractivity contribution >= 4 is 35.0 Å². The number of nitrogens with one attached hydrogen (secondary N) is 1. The topological polar surface area (TPSA) is 83.8 Å². The molecule has 0 spiro atoms. The standard InChI is InChI=1S/C21H24FN3O4.ClH/c1-29-20-17-13(19(26)14(21(27)28)10-25(17)12-4-5-12)7-15(22)18(20)24-6-2-3-11-8-23-9-16(11)24;/h7,10-12,16,23H,2-6,8-9H2,1H3,(H,27,28);1H/t11-,16+;/m1./s1. The number of nitrogens with zero attached hydrogens (tertiary/aromatic N) is 2. The predicted molar refractivity (Wildman–Crippen MR) is 114 cm³/mol. The number of fused-ring (bicyclic) bond motifs is 2. The Labute approximate surface area is 179 Å². The molecule has 2 aliphatic heterocycles. The van der Waals surface area contributed by atoms with Crippen molar-refractivity contribution < 1.29 is 19.0 Å². The Hall–Kier alpha value is -2.32. The van der Waals surface area contributed by atoms with Crippen molar-refractivity contribution in [2.75, 3.05) is 31.6 Å². The van der Waals surface area contributed by atoms with Gasteiger partial charge in [-0.3, -0.25) is 4.79 Å². The first-order valence-electron chi connectivity index (χ1n) is 10.2.